The molecule has 0 aliphatic heterocycles. The van der Waals surface area contributed by atoms with Gasteiger partial charge in [-0.25, -0.2) is 4.39 Å². The molecule has 7 nitrogen and oxygen atoms in total. The zero-order valence-electron chi connectivity index (χ0n) is 15.2. The molecule has 0 fully saturated rings. The van der Waals surface area contributed by atoms with Crippen molar-refractivity contribution in [1.82, 2.24) is 9.80 Å². The van der Waals surface area contributed by atoms with Crippen molar-refractivity contribution in [2.24, 2.45) is 11.5 Å². The summed E-state index contributed by atoms with van der Waals surface area (Å²) in [6.45, 7) is 3.59. The molecule has 0 saturated carbocycles. The highest BCUT2D eigenvalue weighted by molar-refractivity contribution is 5.89. The highest BCUT2D eigenvalue weighted by Crippen LogP contribution is 2.10. The van der Waals surface area contributed by atoms with Gasteiger partial charge in [-0.1, -0.05) is 26.0 Å². The maximum Gasteiger partial charge on any atom is 0.242 e. The molecular weight excluding hydrogens is 327 g/mol. The molecule has 140 valence electrons. The first kappa shape index (κ1) is 22.5. The second-order valence-corrected chi connectivity index (χ2v) is 5.21. The molecule has 1 atom stereocenters. The number of nitrogens with zero attached hydrogens (tertiary/aromatic N) is 2. The molecule has 0 saturated heterocycles. The Hall–Kier alpha value is -2.48. The lowest BCUT2D eigenvalue weighted by atomic mass is 10.0. The SMILES string of the molecule is CC.CN(CC(=O)N(C)C(Cc1ccc(F)cc1)C(N)=O)C(=O)CN. The van der Waals surface area contributed by atoms with E-state index in [0.29, 0.717) is 5.56 Å². The van der Waals surface area contributed by atoms with Crippen molar-refractivity contribution in [3.05, 3.63) is 35.6 Å². The number of carbonyl (C=O) groups excluding carboxylic acids is 3. The Labute approximate surface area is 147 Å². The summed E-state index contributed by atoms with van der Waals surface area (Å²) in [5, 5.41) is 0. The summed E-state index contributed by atoms with van der Waals surface area (Å²) >= 11 is 0. The van der Waals surface area contributed by atoms with E-state index in [2.05, 4.69) is 0 Å². The van der Waals surface area contributed by atoms with Crippen LogP contribution >= 0.6 is 0 Å². The molecule has 25 heavy (non-hydrogen) atoms. The van der Waals surface area contributed by atoms with Crippen molar-refractivity contribution in [1.29, 1.82) is 0 Å². The molecule has 0 aromatic heterocycles. The van der Waals surface area contributed by atoms with E-state index in [9.17, 15) is 18.8 Å². The molecule has 1 aromatic carbocycles. The van der Waals surface area contributed by atoms with Crippen LogP contribution in [0.1, 0.15) is 19.4 Å². The fraction of sp³-hybridized carbons (Fsp3) is 0.471. The van der Waals surface area contributed by atoms with E-state index in [1.54, 1.807) is 0 Å². The van der Waals surface area contributed by atoms with Crippen molar-refractivity contribution in [3.8, 4) is 0 Å². The number of carbonyl (C=O) groups is 3. The van der Waals surface area contributed by atoms with Crippen molar-refractivity contribution in [2.45, 2.75) is 26.3 Å². The minimum absolute atomic E-state index is 0.159. The number of rotatable bonds is 7. The van der Waals surface area contributed by atoms with Crippen molar-refractivity contribution < 1.29 is 18.8 Å². The van der Waals surface area contributed by atoms with Crippen LogP contribution in [0.15, 0.2) is 24.3 Å². The maximum absolute atomic E-state index is 12.9. The Morgan fingerprint density at radius 2 is 1.60 bits per heavy atom. The zero-order chi connectivity index (χ0) is 19.6. The monoisotopic (exact) mass is 354 g/mol. The predicted molar refractivity (Wildman–Crippen MR) is 93.9 cm³/mol. The molecule has 0 radical (unpaired) electrons. The lowest BCUT2D eigenvalue weighted by Gasteiger charge is -2.28. The Morgan fingerprint density at radius 3 is 2.04 bits per heavy atom. The van der Waals surface area contributed by atoms with Crippen LogP contribution in [0, 0.1) is 5.82 Å². The van der Waals surface area contributed by atoms with Gasteiger partial charge in [-0.3, -0.25) is 14.4 Å². The molecule has 0 aliphatic carbocycles. The summed E-state index contributed by atoms with van der Waals surface area (Å²) in [7, 11) is 2.88. The molecule has 0 spiro atoms. The smallest absolute Gasteiger partial charge is 0.242 e. The highest BCUT2D eigenvalue weighted by atomic mass is 19.1. The maximum atomic E-state index is 12.9. The summed E-state index contributed by atoms with van der Waals surface area (Å²) in [5.41, 5.74) is 11.3. The van der Waals surface area contributed by atoms with Crippen LogP contribution in [0.4, 0.5) is 4.39 Å². The topological polar surface area (TPSA) is 110 Å². The number of likely N-dealkylation sites (N-methyl/N-ethyl adjacent to an activating group) is 2. The van der Waals surface area contributed by atoms with Crippen LogP contribution in [0.25, 0.3) is 0 Å². The van der Waals surface area contributed by atoms with E-state index in [-0.39, 0.29) is 25.4 Å². The molecule has 1 aromatic rings. The second-order valence-electron chi connectivity index (χ2n) is 5.21. The van der Waals surface area contributed by atoms with Crippen LogP contribution in [-0.4, -0.2) is 60.7 Å². The number of halogens is 1. The van der Waals surface area contributed by atoms with Crippen LogP contribution in [0.2, 0.25) is 0 Å². The summed E-state index contributed by atoms with van der Waals surface area (Å²) in [4.78, 5) is 37.6. The number of hydrogen-bond donors (Lipinski definition) is 2. The minimum Gasteiger partial charge on any atom is -0.368 e. The number of hydrogen-bond acceptors (Lipinski definition) is 4. The van der Waals surface area contributed by atoms with Gasteiger partial charge >= 0.3 is 0 Å². The van der Waals surface area contributed by atoms with E-state index in [4.69, 9.17) is 11.5 Å². The standard InChI is InChI=1S/C15H21FN4O3.C2H6/c1-19(13(21)8-17)9-14(22)20(2)12(15(18)23)7-10-3-5-11(16)6-4-10;1-2/h3-6,12H,7-9,17H2,1-2H3,(H2,18,23);1-2H3. The summed E-state index contributed by atoms with van der Waals surface area (Å²) in [5.74, 6) is -1.91. The Balaban J connectivity index is 0.00000277. The van der Waals surface area contributed by atoms with E-state index >= 15 is 0 Å². The number of benzene rings is 1. The van der Waals surface area contributed by atoms with Gasteiger partial charge in [0.2, 0.25) is 17.7 Å². The van der Waals surface area contributed by atoms with Crippen LogP contribution in [0.5, 0.6) is 0 Å². The minimum atomic E-state index is -0.894. The average Bonchev–Trinajstić information content (AvgIpc) is 2.61. The number of primary amides is 1. The third kappa shape index (κ3) is 7.30. The third-order valence-electron chi connectivity index (χ3n) is 3.50. The van der Waals surface area contributed by atoms with E-state index in [0.717, 1.165) is 0 Å². The zero-order valence-corrected chi connectivity index (χ0v) is 15.2. The van der Waals surface area contributed by atoms with Gasteiger partial charge in [0.25, 0.3) is 0 Å². The molecule has 0 aliphatic rings. The molecular formula is C17H27FN4O3. The third-order valence-corrected chi connectivity index (χ3v) is 3.50. The van der Waals surface area contributed by atoms with Gasteiger partial charge in [-0.05, 0) is 17.7 Å². The van der Waals surface area contributed by atoms with Gasteiger partial charge in [-0.2, -0.15) is 0 Å². The molecule has 8 heteroatoms. The average molecular weight is 354 g/mol. The van der Waals surface area contributed by atoms with Crippen LogP contribution in [-0.2, 0) is 20.8 Å². The predicted octanol–water partition coefficient (Wildman–Crippen LogP) is 0.124. The summed E-state index contributed by atoms with van der Waals surface area (Å²) < 4.78 is 12.9. The van der Waals surface area contributed by atoms with Gasteiger partial charge in [-0.15, -0.1) is 0 Å². The summed E-state index contributed by atoms with van der Waals surface area (Å²) in [6, 6.07) is 4.68. The quantitative estimate of drug-likeness (QED) is 0.725. The van der Waals surface area contributed by atoms with Crippen LogP contribution < -0.4 is 11.5 Å². The lowest BCUT2D eigenvalue weighted by molar-refractivity contribution is -0.141. The molecule has 0 heterocycles. The van der Waals surface area contributed by atoms with E-state index in [1.165, 1.54) is 48.2 Å². The van der Waals surface area contributed by atoms with Gasteiger partial charge in [0.05, 0.1) is 13.1 Å². The largest absolute Gasteiger partial charge is 0.368 e. The number of amides is 3. The van der Waals surface area contributed by atoms with Crippen molar-refractivity contribution in [2.75, 3.05) is 27.2 Å². The van der Waals surface area contributed by atoms with Crippen molar-refractivity contribution in [3.63, 3.8) is 0 Å². The summed E-state index contributed by atoms with van der Waals surface area (Å²) in [6.07, 6.45) is 0.159. The molecule has 4 N–H and O–H groups in total. The van der Waals surface area contributed by atoms with Gasteiger partial charge in [0.1, 0.15) is 11.9 Å². The molecule has 3 amide bonds. The fourth-order valence-corrected chi connectivity index (χ4v) is 2.00. The number of nitrogens with two attached hydrogens (primary N) is 2. The van der Waals surface area contributed by atoms with Crippen LogP contribution in [0.3, 0.4) is 0 Å². The lowest BCUT2D eigenvalue weighted by Crippen LogP contribution is -2.50. The first-order valence-electron chi connectivity index (χ1n) is 7.99. The van der Waals surface area contributed by atoms with Gasteiger partial charge in [0.15, 0.2) is 0 Å². The van der Waals surface area contributed by atoms with Crippen molar-refractivity contribution >= 4 is 17.7 Å². The Bertz CT molecular complexity index is 578. The Kier molecular flexibility index (Phi) is 10.0. The first-order chi connectivity index (χ1) is 11.8. The molecule has 1 unspecified atom stereocenters. The van der Waals surface area contributed by atoms with Gasteiger partial charge < -0.3 is 21.3 Å². The normalized spacial score (nSPS) is 11.0. The van der Waals surface area contributed by atoms with Gasteiger partial charge in [0, 0.05) is 20.5 Å². The molecule has 0 bridgehead atoms. The first-order valence-corrected chi connectivity index (χ1v) is 7.99. The highest BCUT2D eigenvalue weighted by Gasteiger charge is 2.26. The van der Waals surface area contributed by atoms with E-state index in [1.807, 2.05) is 13.8 Å². The fourth-order valence-electron chi connectivity index (χ4n) is 2.00. The van der Waals surface area contributed by atoms with E-state index < -0.39 is 23.7 Å². The Morgan fingerprint density at radius 1 is 1.08 bits per heavy atom. The molecule has 1 rings (SSSR count). The second kappa shape index (κ2) is 11.1.